The molecule has 0 amide bonds. The van der Waals surface area contributed by atoms with Gasteiger partial charge in [0.25, 0.3) is 0 Å². The molecule has 2 rings (SSSR count). The number of alkyl halides is 3. The predicted molar refractivity (Wildman–Crippen MR) is 67.8 cm³/mol. The van der Waals surface area contributed by atoms with Gasteiger partial charge >= 0.3 is 12.1 Å². The Morgan fingerprint density at radius 1 is 1.24 bits per heavy atom. The molecule has 0 atom stereocenters. The van der Waals surface area contributed by atoms with E-state index in [0.717, 1.165) is 12.3 Å². The molecule has 110 valence electrons. The van der Waals surface area contributed by atoms with Crippen LogP contribution >= 0.6 is 0 Å². The van der Waals surface area contributed by atoms with Crippen LogP contribution in [0.4, 0.5) is 19.0 Å². The number of hydrogen-bond acceptors (Lipinski definition) is 4. The second kappa shape index (κ2) is 5.78. The standard InChI is InChI=1S/C13H10F3N3O2/c14-13(15,16)9-4-2-1-3-8(9)5-18-11-7-17-6-10(19-11)12(20)21/h1-4,6-7H,5H2,(H,18,19)(H,20,21). The van der Waals surface area contributed by atoms with Gasteiger partial charge in [0.2, 0.25) is 0 Å². The molecule has 0 spiro atoms. The van der Waals surface area contributed by atoms with E-state index in [4.69, 9.17) is 5.11 Å². The molecular weight excluding hydrogens is 287 g/mol. The number of nitrogens with one attached hydrogen (secondary N) is 1. The number of halogens is 3. The Morgan fingerprint density at radius 3 is 2.62 bits per heavy atom. The van der Waals surface area contributed by atoms with E-state index in [9.17, 15) is 18.0 Å². The van der Waals surface area contributed by atoms with Crippen molar-refractivity contribution in [3.8, 4) is 0 Å². The Kier molecular flexibility index (Phi) is 4.06. The summed E-state index contributed by atoms with van der Waals surface area (Å²) in [5.74, 6) is -1.17. The van der Waals surface area contributed by atoms with Crippen LogP contribution in [0.1, 0.15) is 21.6 Å². The zero-order chi connectivity index (χ0) is 15.5. The number of carboxylic acid groups (broad SMARTS) is 1. The summed E-state index contributed by atoms with van der Waals surface area (Å²) in [4.78, 5) is 18.1. The number of anilines is 1. The van der Waals surface area contributed by atoms with Crippen LogP contribution < -0.4 is 5.32 Å². The monoisotopic (exact) mass is 297 g/mol. The number of hydrogen-bond donors (Lipinski definition) is 2. The van der Waals surface area contributed by atoms with Crippen molar-refractivity contribution in [2.75, 3.05) is 5.32 Å². The van der Waals surface area contributed by atoms with E-state index >= 15 is 0 Å². The molecule has 2 aromatic rings. The topological polar surface area (TPSA) is 75.1 Å². The number of aromatic nitrogens is 2. The maximum atomic E-state index is 12.8. The van der Waals surface area contributed by atoms with E-state index in [1.807, 2.05) is 0 Å². The number of aromatic carboxylic acids is 1. The van der Waals surface area contributed by atoms with Crippen molar-refractivity contribution in [2.24, 2.45) is 0 Å². The molecule has 0 aliphatic rings. The van der Waals surface area contributed by atoms with E-state index in [1.54, 1.807) is 0 Å². The van der Waals surface area contributed by atoms with E-state index in [2.05, 4.69) is 15.3 Å². The van der Waals surface area contributed by atoms with Crippen LogP contribution in [-0.4, -0.2) is 21.0 Å². The minimum Gasteiger partial charge on any atom is -0.476 e. The molecule has 1 aromatic heterocycles. The first-order chi connectivity index (χ1) is 9.88. The average Bonchev–Trinajstić information content (AvgIpc) is 2.45. The highest BCUT2D eigenvalue weighted by Gasteiger charge is 2.32. The van der Waals surface area contributed by atoms with E-state index in [1.165, 1.54) is 24.4 Å². The maximum absolute atomic E-state index is 12.8. The van der Waals surface area contributed by atoms with Gasteiger partial charge in [0, 0.05) is 6.54 Å². The van der Waals surface area contributed by atoms with Crippen molar-refractivity contribution >= 4 is 11.8 Å². The number of carboxylic acids is 1. The molecule has 1 heterocycles. The highest BCUT2D eigenvalue weighted by atomic mass is 19.4. The van der Waals surface area contributed by atoms with Crippen LogP contribution in [-0.2, 0) is 12.7 Å². The van der Waals surface area contributed by atoms with Gasteiger partial charge in [-0.05, 0) is 11.6 Å². The first kappa shape index (κ1) is 14.8. The molecule has 2 N–H and O–H groups in total. The smallest absolute Gasteiger partial charge is 0.416 e. The molecule has 0 saturated heterocycles. The molecule has 0 fully saturated rings. The Balaban J connectivity index is 2.17. The molecule has 0 aliphatic carbocycles. The van der Waals surface area contributed by atoms with Crippen LogP contribution in [0.5, 0.6) is 0 Å². The summed E-state index contributed by atoms with van der Waals surface area (Å²) >= 11 is 0. The van der Waals surface area contributed by atoms with Crippen LogP contribution in [0.15, 0.2) is 36.7 Å². The van der Waals surface area contributed by atoms with Gasteiger partial charge in [-0.15, -0.1) is 0 Å². The Morgan fingerprint density at radius 2 is 1.95 bits per heavy atom. The lowest BCUT2D eigenvalue weighted by Gasteiger charge is -2.13. The minimum atomic E-state index is -4.45. The van der Waals surface area contributed by atoms with Gasteiger partial charge in [0.05, 0.1) is 18.0 Å². The summed E-state index contributed by atoms with van der Waals surface area (Å²) in [6.07, 6.45) is -2.16. The highest BCUT2D eigenvalue weighted by molar-refractivity contribution is 5.85. The minimum absolute atomic E-state index is 0.0347. The molecule has 0 radical (unpaired) electrons. The summed E-state index contributed by atoms with van der Waals surface area (Å²) in [5.41, 5.74) is -1.00. The number of nitrogens with zero attached hydrogens (tertiary/aromatic N) is 2. The SMILES string of the molecule is O=C(O)c1cncc(NCc2ccccc2C(F)(F)F)n1. The molecule has 8 heteroatoms. The lowest BCUT2D eigenvalue weighted by Crippen LogP contribution is -2.12. The fourth-order valence-corrected chi connectivity index (χ4v) is 1.69. The van der Waals surface area contributed by atoms with E-state index in [0.29, 0.717) is 0 Å². The van der Waals surface area contributed by atoms with E-state index in [-0.39, 0.29) is 23.6 Å². The van der Waals surface area contributed by atoms with Gasteiger partial charge in [-0.2, -0.15) is 13.2 Å². The molecule has 0 unspecified atom stereocenters. The molecule has 0 aliphatic heterocycles. The zero-order valence-electron chi connectivity index (χ0n) is 10.6. The maximum Gasteiger partial charge on any atom is 0.416 e. The summed E-state index contributed by atoms with van der Waals surface area (Å²) in [6, 6.07) is 5.11. The number of rotatable bonds is 4. The largest absolute Gasteiger partial charge is 0.476 e. The number of carbonyl (C=O) groups is 1. The first-order valence-corrected chi connectivity index (χ1v) is 5.82. The Hall–Kier alpha value is -2.64. The highest BCUT2D eigenvalue weighted by Crippen LogP contribution is 2.32. The number of benzene rings is 1. The first-order valence-electron chi connectivity index (χ1n) is 5.82. The second-order valence-electron chi connectivity index (χ2n) is 4.10. The van der Waals surface area contributed by atoms with Gasteiger partial charge in [-0.3, -0.25) is 4.98 Å². The lowest BCUT2D eigenvalue weighted by atomic mass is 10.1. The van der Waals surface area contributed by atoms with Crippen LogP contribution in [0, 0.1) is 0 Å². The fourth-order valence-electron chi connectivity index (χ4n) is 1.69. The zero-order valence-corrected chi connectivity index (χ0v) is 10.6. The summed E-state index contributed by atoms with van der Waals surface area (Å²) in [7, 11) is 0. The molecular formula is C13H10F3N3O2. The van der Waals surface area contributed by atoms with Crippen molar-refractivity contribution in [3.63, 3.8) is 0 Å². The molecule has 21 heavy (non-hydrogen) atoms. The Labute approximate surface area is 117 Å². The van der Waals surface area contributed by atoms with Crippen LogP contribution in [0.25, 0.3) is 0 Å². The van der Waals surface area contributed by atoms with Crippen LogP contribution in [0.3, 0.4) is 0 Å². The van der Waals surface area contributed by atoms with Crippen LogP contribution in [0.2, 0.25) is 0 Å². The summed E-state index contributed by atoms with van der Waals surface area (Å²) in [6.45, 7) is -0.145. The summed E-state index contributed by atoms with van der Waals surface area (Å²) in [5, 5.41) is 11.4. The van der Waals surface area contributed by atoms with Gasteiger partial charge in [-0.25, -0.2) is 9.78 Å². The third-order valence-electron chi connectivity index (χ3n) is 2.64. The van der Waals surface area contributed by atoms with Crippen molar-refractivity contribution < 1.29 is 23.1 Å². The molecule has 1 aromatic carbocycles. The summed E-state index contributed by atoms with van der Waals surface area (Å²) < 4.78 is 38.4. The predicted octanol–water partition coefficient (Wildman–Crippen LogP) is 2.81. The molecule has 0 bridgehead atoms. The Bertz CT molecular complexity index is 659. The van der Waals surface area contributed by atoms with Gasteiger partial charge in [0.1, 0.15) is 5.82 Å². The molecule has 0 saturated carbocycles. The van der Waals surface area contributed by atoms with E-state index < -0.39 is 17.7 Å². The van der Waals surface area contributed by atoms with Gasteiger partial charge in [0.15, 0.2) is 5.69 Å². The fraction of sp³-hybridized carbons (Fsp3) is 0.154. The normalized spacial score (nSPS) is 11.2. The van der Waals surface area contributed by atoms with Crippen molar-refractivity contribution in [1.29, 1.82) is 0 Å². The lowest BCUT2D eigenvalue weighted by molar-refractivity contribution is -0.138. The van der Waals surface area contributed by atoms with Crippen molar-refractivity contribution in [3.05, 3.63) is 53.5 Å². The molecule has 5 nitrogen and oxygen atoms in total. The van der Waals surface area contributed by atoms with Gasteiger partial charge < -0.3 is 10.4 Å². The van der Waals surface area contributed by atoms with Gasteiger partial charge in [-0.1, -0.05) is 18.2 Å². The quantitative estimate of drug-likeness (QED) is 0.907. The second-order valence-corrected chi connectivity index (χ2v) is 4.10. The third-order valence-corrected chi connectivity index (χ3v) is 2.64. The third kappa shape index (κ3) is 3.68. The van der Waals surface area contributed by atoms with Crippen molar-refractivity contribution in [2.45, 2.75) is 12.7 Å². The van der Waals surface area contributed by atoms with Crippen molar-refractivity contribution in [1.82, 2.24) is 9.97 Å². The average molecular weight is 297 g/mol.